The largest absolute Gasteiger partial charge is 0.463 e. The van der Waals surface area contributed by atoms with Crippen molar-refractivity contribution in [3.05, 3.63) is 53.4 Å². The van der Waals surface area contributed by atoms with E-state index in [1.54, 1.807) is 36.5 Å². The van der Waals surface area contributed by atoms with Gasteiger partial charge in [0.05, 0.1) is 12.8 Å². The van der Waals surface area contributed by atoms with Gasteiger partial charge in [0.1, 0.15) is 16.3 Å². The Bertz CT molecular complexity index is 1020. The highest BCUT2D eigenvalue weighted by Crippen LogP contribution is 2.33. The molecular formula is C22H25N5O3S. The first-order chi connectivity index (χ1) is 15.0. The van der Waals surface area contributed by atoms with Crippen molar-refractivity contribution in [1.82, 2.24) is 19.8 Å². The van der Waals surface area contributed by atoms with Gasteiger partial charge in [0.25, 0.3) is 0 Å². The number of nitrogens with one attached hydrogen (secondary N) is 1. The summed E-state index contributed by atoms with van der Waals surface area (Å²) in [6, 6.07) is 9.16. The molecule has 1 aliphatic heterocycles. The van der Waals surface area contributed by atoms with Crippen LogP contribution in [0.3, 0.4) is 0 Å². The molecule has 3 aromatic rings. The smallest absolute Gasteiger partial charge is 0.240 e. The molecule has 1 aliphatic rings. The maximum atomic E-state index is 13.0. The number of furan rings is 1. The van der Waals surface area contributed by atoms with Gasteiger partial charge in [-0.3, -0.25) is 24.4 Å². The third-order valence-corrected chi connectivity index (χ3v) is 6.21. The number of aromatic nitrogens is 2. The molecule has 9 heteroatoms. The monoisotopic (exact) mass is 439 g/mol. The lowest BCUT2D eigenvalue weighted by Gasteiger charge is -2.36. The van der Waals surface area contributed by atoms with E-state index in [9.17, 15) is 9.59 Å². The van der Waals surface area contributed by atoms with Crippen LogP contribution < -0.4 is 5.32 Å². The van der Waals surface area contributed by atoms with Gasteiger partial charge in [0.15, 0.2) is 10.9 Å². The fourth-order valence-electron chi connectivity index (χ4n) is 3.52. The van der Waals surface area contributed by atoms with Crippen molar-refractivity contribution in [2.45, 2.75) is 19.9 Å². The summed E-state index contributed by atoms with van der Waals surface area (Å²) in [5.41, 5.74) is 0.728. The van der Waals surface area contributed by atoms with Gasteiger partial charge in [-0.2, -0.15) is 0 Å². The molecular weight excluding hydrogens is 414 g/mol. The van der Waals surface area contributed by atoms with Crippen molar-refractivity contribution >= 4 is 28.2 Å². The maximum Gasteiger partial charge on any atom is 0.240 e. The first-order valence-corrected chi connectivity index (χ1v) is 11.1. The van der Waals surface area contributed by atoms with Crippen LogP contribution >= 0.6 is 11.3 Å². The molecule has 0 bridgehead atoms. The van der Waals surface area contributed by atoms with Crippen LogP contribution in [-0.2, 0) is 4.79 Å². The summed E-state index contributed by atoms with van der Waals surface area (Å²) >= 11 is 1.14. The Morgan fingerprint density at radius 1 is 1.16 bits per heavy atom. The molecule has 8 nitrogen and oxygen atoms in total. The van der Waals surface area contributed by atoms with Crippen LogP contribution in [0, 0.1) is 0 Å². The van der Waals surface area contributed by atoms with Crippen LogP contribution in [0.15, 0.2) is 47.2 Å². The maximum absolute atomic E-state index is 13.0. The Labute approximate surface area is 184 Å². The van der Waals surface area contributed by atoms with Gasteiger partial charge in [-0.05, 0) is 38.1 Å². The van der Waals surface area contributed by atoms with E-state index < -0.39 is 0 Å². The molecule has 1 amide bonds. The Morgan fingerprint density at radius 3 is 2.61 bits per heavy atom. The van der Waals surface area contributed by atoms with Crippen molar-refractivity contribution in [1.29, 1.82) is 0 Å². The number of hydrogen-bond donors (Lipinski definition) is 1. The Morgan fingerprint density at radius 2 is 1.97 bits per heavy atom. The van der Waals surface area contributed by atoms with E-state index in [1.807, 2.05) is 0 Å². The molecule has 0 aromatic carbocycles. The molecule has 1 fully saturated rings. The van der Waals surface area contributed by atoms with Gasteiger partial charge >= 0.3 is 0 Å². The predicted molar refractivity (Wildman–Crippen MR) is 119 cm³/mol. The normalized spacial score (nSPS) is 15.3. The summed E-state index contributed by atoms with van der Waals surface area (Å²) in [5.74, 6) is 0.0743. The number of ketones is 1. The van der Waals surface area contributed by atoms with E-state index in [0.717, 1.165) is 37.5 Å². The van der Waals surface area contributed by atoms with Crippen molar-refractivity contribution in [2.75, 3.05) is 38.0 Å². The summed E-state index contributed by atoms with van der Waals surface area (Å²) in [4.78, 5) is 39.2. The van der Waals surface area contributed by atoms with Gasteiger partial charge in [0.2, 0.25) is 11.7 Å². The van der Waals surface area contributed by atoms with Crippen molar-refractivity contribution in [3.63, 3.8) is 0 Å². The Balaban J connectivity index is 1.48. The summed E-state index contributed by atoms with van der Waals surface area (Å²) in [5, 5.41) is 3.22. The van der Waals surface area contributed by atoms with Gasteiger partial charge in [-0.15, -0.1) is 0 Å². The first-order valence-electron chi connectivity index (χ1n) is 10.3. The summed E-state index contributed by atoms with van der Waals surface area (Å²) in [6.07, 6.45) is 3.10. The fourth-order valence-corrected chi connectivity index (χ4v) is 4.46. The van der Waals surface area contributed by atoms with Crippen molar-refractivity contribution in [3.8, 4) is 11.5 Å². The third-order valence-electron chi connectivity index (χ3n) is 5.24. The van der Waals surface area contributed by atoms with Gasteiger partial charge in [-0.25, -0.2) is 4.98 Å². The zero-order chi connectivity index (χ0) is 21.8. The average molecular weight is 440 g/mol. The quantitative estimate of drug-likeness (QED) is 0.566. The van der Waals surface area contributed by atoms with Crippen LogP contribution in [-0.4, -0.2) is 70.2 Å². The number of pyridine rings is 1. The molecule has 1 N–H and O–H groups in total. The number of carbonyl (C=O) groups excluding carboxylic acids is 2. The van der Waals surface area contributed by atoms with E-state index in [-0.39, 0.29) is 11.7 Å². The second kappa shape index (κ2) is 9.51. The average Bonchev–Trinajstić information content (AvgIpc) is 3.44. The molecule has 0 radical (unpaired) electrons. The zero-order valence-electron chi connectivity index (χ0n) is 17.6. The lowest BCUT2D eigenvalue weighted by atomic mass is 10.1. The lowest BCUT2D eigenvalue weighted by molar-refractivity contribution is -0.117. The van der Waals surface area contributed by atoms with Gasteiger partial charge < -0.3 is 9.73 Å². The van der Waals surface area contributed by atoms with E-state index >= 15 is 0 Å². The molecule has 0 unspecified atom stereocenters. The number of amides is 1. The summed E-state index contributed by atoms with van der Waals surface area (Å²) < 4.78 is 5.46. The molecule has 162 valence electrons. The highest BCUT2D eigenvalue weighted by Gasteiger charge is 2.25. The van der Waals surface area contributed by atoms with Crippen LogP contribution in [0.5, 0.6) is 0 Å². The van der Waals surface area contributed by atoms with Crippen molar-refractivity contribution in [2.24, 2.45) is 0 Å². The highest BCUT2D eigenvalue weighted by atomic mass is 32.1. The Hall–Kier alpha value is -2.88. The number of thiazole rings is 1. The molecule has 0 saturated carbocycles. The highest BCUT2D eigenvalue weighted by molar-refractivity contribution is 7.18. The minimum atomic E-state index is -0.255. The topological polar surface area (TPSA) is 91.6 Å². The SMILES string of the molecule is CC(C)N1CCN(CC(=O)Nc2nc(-c3ccco3)c(C(=O)c3ccccn3)s2)CC1. The van der Waals surface area contributed by atoms with Crippen molar-refractivity contribution < 1.29 is 14.0 Å². The standard InChI is InChI=1S/C22H25N5O3S/c1-15(2)27-11-9-26(10-12-27)14-18(28)24-22-25-19(17-7-5-13-30-17)21(31-22)20(29)16-6-3-4-8-23-16/h3-8,13,15H,9-12,14H2,1-2H3,(H,24,25,28). The predicted octanol–water partition coefficient (Wildman–Crippen LogP) is 2.99. The number of hydrogen-bond acceptors (Lipinski definition) is 8. The minimum Gasteiger partial charge on any atom is -0.463 e. The van der Waals surface area contributed by atoms with Crippen LogP contribution in [0.4, 0.5) is 5.13 Å². The van der Waals surface area contributed by atoms with E-state index in [2.05, 4.69) is 38.9 Å². The third kappa shape index (κ3) is 5.07. The lowest BCUT2D eigenvalue weighted by Crippen LogP contribution is -2.50. The van der Waals surface area contributed by atoms with Crippen LogP contribution in [0.25, 0.3) is 11.5 Å². The molecule has 31 heavy (non-hydrogen) atoms. The first kappa shape index (κ1) is 21.4. The number of carbonyl (C=O) groups is 2. The molecule has 3 aromatic heterocycles. The van der Waals surface area contributed by atoms with E-state index in [0.29, 0.717) is 39.7 Å². The van der Waals surface area contributed by atoms with E-state index in [4.69, 9.17) is 4.42 Å². The molecule has 0 aliphatic carbocycles. The molecule has 4 rings (SSSR count). The molecule has 1 saturated heterocycles. The van der Waals surface area contributed by atoms with Crippen LogP contribution in [0.2, 0.25) is 0 Å². The molecule has 0 spiro atoms. The second-order valence-electron chi connectivity index (χ2n) is 7.67. The Kier molecular flexibility index (Phi) is 6.55. The van der Waals surface area contributed by atoms with Gasteiger partial charge in [-0.1, -0.05) is 17.4 Å². The number of piperazine rings is 1. The van der Waals surface area contributed by atoms with Gasteiger partial charge in [0, 0.05) is 38.4 Å². The second-order valence-corrected chi connectivity index (χ2v) is 8.67. The van der Waals surface area contributed by atoms with Crippen LogP contribution in [0.1, 0.15) is 29.2 Å². The fraction of sp³-hybridized carbons (Fsp3) is 0.364. The summed E-state index contributed by atoms with van der Waals surface area (Å²) in [6.45, 7) is 8.28. The minimum absolute atomic E-state index is 0.144. The number of nitrogens with zero attached hydrogens (tertiary/aromatic N) is 4. The summed E-state index contributed by atoms with van der Waals surface area (Å²) in [7, 11) is 0. The number of anilines is 1. The zero-order valence-corrected chi connectivity index (χ0v) is 18.4. The molecule has 0 atom stereocenters. The van der Waals surface area contributed by atoms with E-state index in [1.165, 1.54) is 6.26 Å². The number of rotatable bonds is 7. The molecule has 4 heterocycles.